The first-order valence-electron chi connectivity index (χ1n) is 10.5. The molecule has 2 aromatic rings. The van der Waals surface area contributed by atoms with Crippen LogP contribution in [0.1, 0.15) is 53.9 Å². The number of carbonyl (C=O) groups is 2. The van der Waals surface area contributed by atoms with Crippen molar-refractivity contribution in [2.75, 3.05) is 25.6 Å². The smallest absolute Gasteiger partial charge is 0.254 e. The number of rotatable bonds is 5. The highest BCUT2D eigenvalue weighted by atomic mass is 35.5. The topological polar surface area (TPSA) is 58.6 Å². The third kappa shape index (κ3) is 3.72. The van der Waals surface area contributed by atoms with Crippen LogP contribution in [-0.4, -0.2) is 42.5 Å². The normalized spacial score (nSPS) is 20.1. The highest BCUT2D eigenvalue weighted by molar-refractivity contribution is 6.30. The summed E-state index contributed by atoms with van der Waals surface area (Å²) in [6, 6.07) is 14.7. The molecule has 2 aromatic carbocycles. The lowest BCUT2D eigenvalue weighted by molar-refractivity contribution is -0.122. The number of hydrogen-bond donors (Lipinski definition) is 1. The molecule has 0 radical (unpaired) electrons. The number of anilines is 1. The Morgan fingerprint density at radius 3 is 2.53 bits per heavy atom. The predicted octanol–water partition coefficient (Wildman–Crippen LogP) is 4.87. The minimum absolute atomic E-state index is 0.0000860. The SMILES string of the molecule is COCCN1C(=O)c2ccccc2[C@@H](C(=O)Nc2ccc(Cl)cc2)C12CCCCC2. The van der Waals surface area contributed by atoms with E-state index in [1.807, 2.05) is 29.2 Å². The molecule has 0 saturated heterocycles. The zero-order valence-electron chi connectivity index (χ0n) is 17.2. The Morgan fingerprint density at radius 2 is 1.83 bits per heavy atom. The van der Waals surface area contributed by atoms with Gasteiger partial charge in [0.15, 0.2) is 0 Å². The number of benzene rings is 2. The predicted molar refractivity (Wildman–Crippen MR) is 118 cm³/mol. The first-order chi connectivity index (χ1) is 14.6. The van der Waals surface area contributed by atoms with Crippen molar-refractivity contribution in [1.82, 2.24) is 4.90 Å². The third-order valence-corrected chi connectivity index (χ3v) is 6.69. The fourth-order valence-electron chi connectivity index (χ4n) is 5.10. The van der Waals surface area contributed by atoms with Crippen molar-refractivity contribution >= 4 is 29.1 Å². The molecular formula is C24H27ClN2O3. The zero-order chi connectivity index (χ0) is 21.1. The maximum absolute atomic E-state index is 13.7. The summed E-state index contributed by atoms with van der Waals surface area (Å²) in [6.07, 6.45) is 4.76. The van der Waals surface area contributed by atoms with E-state index < -0.39 is 11.5 Å². The summed E-state index contributed by atoms with van der Waals surface area (Å²) < 4.78 is 5.31. The Balaban J connectivity index is 1.79. The van der Waals surface area contributed by atoms with E-state index in [0.29, 0.717) is 29.4 Å². The molecule has 1 aliphatic carbocycles. The first kappa shape index (κ1) is 20.9. The van der Waals surface area contributed by atoms with E-state index in [-0.39, 0.29) is 11.8 Å². The van der Waals surface area contributed by atoms with E-state index in [1.54, 1.807) is 31.4 Å². The summed E-state index contributed by atoms with van der Waals surface area (Å²) in [4.78, 5) is 29.1. The molecule has 5 nitrogen and oxygen atoms in total. The van der Waals surface area contributed by atoms with Crippen molar-refractivity contribution in [2.24, 2.45) is 0 Å². The van der Waals surface area contributed by atoms with Crippen molar-refractivity contribution in [3.05, 3.63) is 64.7 Å². The molecule has 1 fully saturated rings. The highest BCUT2D eigenvalue weighted by Gasteiger charge is 2.54. The minimum atomic E-state index is -0.529. The van der Waals surface area contributed by atoms with Crippen LogP contribution in [0.5, 0.6) is 0 Å². The molecule has 1 N–H and O–H groups in total. The Hall–Kier alpha value is -2.37. The van der Waals surface area contributed by atoms with Crippen LogP contribution in [0.2, 0.25) is 5.02 Å². The summed E-state index contributed by atoms with van der Waals surface area (Å²) in [5.41, 5.74) is 1.61. The van der Waals surface area contributed by atoms with Crippen molar-refractivity contribution in [3.8, 4) is 0 Å². The van der Waals surface area contributed by atoms with Gasteiger partial charge in [0, 0.05) is 29.9 Å². The van der Waals surface area contributed by atoms with Gasteiger partial charge in [0.05, 0.1) is 18.1 Å². The molecule has 2 amide bonds. The Morgan fingerprint density at radius 1 is 1.13 bits per heavy atom. The van der Waals surface area contributed by atoms with Crippen LogP contribution in [0.25, 0.3) is 0 Å². The van der Waals surface area contributed by atoms with Crippen molar-refractivity contribution in [2.45, 2.75) is 43.6 Å². The van der Waals surface area contributed by atoms with Crippen LogP contribution >= 0.6 is 11.6 Å². The molecule has 1 atom stereocenters. The van der Waals surface area contributed by atoms with Crippen LogP contribution in [0, 0.1) is 0 Å². The summed E-state index contributed by atoms with van der Waals surface area (Å²) in [7, 11) is 1.64. The standard InChI is InChI=1S/C24H27ClN2O3/c1-30-16-15-27-23(29)20-8-4-3-7-19(20)21(24(27)13-5-2-6-14-24)22(28)26-18-11-9-17(25)10-12-18/h3-4,7-12,21H,2,5-6,13-16H2,1H3,(H,26,28)/t21-/m0/s1. The lowest BCUT2D eigenvalue weighted by Gasteiger charge is -2.53. The second-order valence-corrected chi connectivity index (χ2v) is 8.57. The Labute approximate surface area is 182 Å². The summed E-state index contributed by atoms with van der Waals surface area (Å²) in [6.45, 7) is 0.926. The van der Waals surface area contributed by atoms with Gasteiger partial charge >= 0.3 is 0 Å². The van der Waals surface area contributed by atoms with Crippen LogP contribution in [0.3, 0.4) is 0 Å². The number of halogens is 1. The molecule has 4 rings (SSSR count). The number of nitrogens with zero attached hydrogens (tertiary/aromatic N) is 1. The molecule has 1 spiro atoms. The van der Waals surface area contributed by atoms with Gasteiger partial charge < -0.3 is 15.0 Å². The van der Waals surface area contributed by atoms with Gasteiger partial charge in [-0.05, 0) is 48.7 Å². The van der Waals surface area contributed by atoms with Gasteiger partial charge in [-0.3, -0.25) is 9.59 Å². The lowest BCUT2D eigenvalue weighted by Crippen LogP contribution is -2.62. The van der Waals surface area contributed by atoms with E-state index >= 15 is 0 Å². The number of carbonyl (C=O) groups excluding carboxylic acids is 2. The van der Waals surface area contributed by atoms with Crippen LogP contribution in [-0.2, 0) is 9.53 Å². The lowest BCUT2D eigenvalue weighted by atomic mass is 9.65. The number of ether oxygens (including phenoxy) is 1. The fourth-order valence-corrected chi connectivity index (χ4v) is 5.22. The van der Waals surface area contributed by atoms with Gasteiger partial charge in [-0.2, -0.15) is 0 Å². The van der Waals surface area contributed by atoms with Gasteiger partial charge in [0.25, 0.3) is 5.91 Å². The van der Waals surface area contributed by atoms with E-state index in [4.69, 9.17) is 16.3 Å². The van der Waals surface area contributed by atoms with Crippen LogP contribution < -0.4 is 5.32 Å². The third-order valence-electron chi connectivity index (χ3n) is 6.43. The second-order valence-electron chi connectivity index (χ2n) is 8.13. The molecule has 158 valence electrons. The molecule has 0 unspecified atom stereocenters. The molecule has 2 aliphatic rings. The molecule has 1 heterocycles. The van der Waals surface area contributed by atoms with E-state index in [2.05, 4.69) is 5.32 Å². The van der Waals surface area contributed by atoms with Crippen molar-refractivity contribution < 1.29 is 14.3 Å². The first-order valence-corrected chi connectivity index (χ1v) is 10.9. The number of hydrogen-bond acceptors (Lipinski definition) is 3. The molecule has 1 saturated carbocycles. The summed E-state index contributed by atoms with van der Waals surface area (Å²) >= 11 is 6.00. The maximum Gasteiger partial charge on any atom is 0.254 e. The Bertz CT molecular complexity index is 922. The number of nitrogens with one attached hydrogen (secondary N) is 1. The maximum atomic E-state index is 13.7. The van der Waals surface area contributed by atoms with Gasteiger partial charge in [-0.1, -0.05) is 49.1 Å². The molecule has 0 bridgehead atoms. The van der Waals surface area contributed by atoms with Crippen LogP contribution in [0.4, 0.5) is 5.69 Å². The van der Waals surface area contributed by atoms with E-state index in [0.717, 1.165) is 37.7 Å². The van der Waals surface area contributed by atoms with Crippen LogP contribution in [0.15, 0.2) is 48.5 Å². The molecular weight excluding hydrogens is 400 g/mol. The summed E-state index contributed by atoms with van der Waals surface area (Å²) in [5.74, 6) is -0.513. The average molecular weight is 427 g/mol. The van der Waals surface area contributed by atoms with Crippen molar-refractivity contribution in [3.63, 3.8) is 0 Å². The van der Waals surface area contributed by atoms with Gasteiger partial charge in [-0.15, -0.1) is 0 Å². The quantitative estimate of drug-likeness (QED) is 0.742. The number of amides is 2. The van der Waals surface area contributed by atoms with Crippen molar-refractivity contribution in [1.29, 1.82) is 0 Å². The Kier molecular flexibility index (Phi) is 6.11. The molecule has 1 aliphatic heterocycles. The zero-order valence-corrected chi connectivity index (χ0v) is 18.0. The summed E-state index contributed by atoms with van der Waals surface area (Å²) in [5, 5.41) is 3.70. The second kappa shape index (κ2) is 8.78. The average Bonchev–Trinajstić information content (AvgIpc) is 2.76. The fraction of sp³-hybridized carbons (Fsp3) is 0.417. The van der Waals surface area contributed by atoms with E-state index in [1.165, 1.54) is 0 Å². The van der Waals surface area contributed by atoms with Gasteiger partial charge in [-0.25, -0.2) is 0 Å². The molecule has 0 aromatic heterocycles. The molecule has 6 heteroatoms. The number of methoxy groups -OCH3 is 1. The van der Waals surface area contributed by atoms with E-state index in [9.17, 15) is 9.59 Å². The van der Waals surface area contributed by atoms with Gasteiger partial charge in [0.2, 0.25) is 5.91 Å². The van der Waals surface area contributed by atoms with Gasteiger partial charge in [0.1, 0.15) is 0 Å². The number of fused-ring (bicyclic) bond motifs is 1. The molecule has 30 heavy (non-hydrogen) atoms. The monoisotopic (exact) mass is 426 g/mol. The highest BCUT2D eigenvalue weighted by Crippen LogP contribution is 2.49. The largest absolute Gasteiger partial charge is 0.383 e. The minimum Gasteiger partial charge on any atom is -0.383 e.